The van der Waals surface area contributed by atoms with Gasteiger partial charge < -0.3 is 4.90 Å². The Bertz CT molecular complexity index is 1040. The number of hydrogen-bond donors (Lipinski definition) is 0. The Kier molecular flexibility index (Phi) is 5.21. The van der Waals surface area contributed by atoms with Crippen LogP contribution in [0.3, 0.4) is 0 Å². The van der Waals surface area contributed by atoms with E-state index in [0.29, 0.717) is 24.7 Å². The SMILES string of the molecule is CC1c2ncnc(C3CCN=N3)c2CCN1C(=O)c1ccc(F)c(C(F)(F)F)c1Cl. The number of hydrogen-bond acceptors (Lipinski definition) is 5. The summed E-state index contributed by atoms with van der Waals surface area (Å²) in [7, 11) is 0. The highest BCUT2D eigenvalue weighted by molar-refractivity contribution is 6.34. The average molecular weight is 442 g/mol. The summed E-state index contributed by atoms with van der Waals surface area (Å²) < 4.78 is 53.3. The Morgan fingerprint density at radius 2 is 1.97 bits per heavy atom. The maximum Gasteiger partial charge on any atom is 0.420 e. The first-order chi connectivity index (χ1) is 14.2. The van der Waals surface area contributed by atoms with Crippen molar-refractivity contribution < 1.29 is 22.4 Å². The van der Waals surface area contributed by atoms with E-state index in [-0.39, 0.29) is 12.6 Å². The number of amides is 1. The second-order valence-corrected chi connectivity index (χ2v) is 7.49. The van der Waals surface area contributed by atoms with E-state index >= 15 is 0 Å². The maximum absolute atomic E-state index is 13.7. The van der Waals surface area contributed by atoms with Crippen molar-refractivity contribution in [2.24, 2.45) is 10.2 Å². The van der Waals surface area contributed by atoms with Crippen LogP contribution < -0.4 is 0 Å². The third kappa shape index (κ3) is 3.42. The molecule has 2 unspecified atom stereocenters. The summed E-state index contributed by atoms with van der Waals surface area (Å²) in [4.78, 5) is 23.1. The van der Waals surface area contributed by atoms with Gasteiger partial charge in [-0.25, -0.2) is 14.4 Å². The van der Waals surface area contributed by atoms with Crippen LogP contribution in [0.2, 0.25) is 5.02 Å². The summed E-state index contributed by atoms with van der Waals surface area (Å²) in [5.74, 6) is -2.24. The molecule has 1 aromatic heterocycles. The van der Waals surface area contributed by atoms with Crippen molar-refractivity contribution in [2.45, 2.75) is 38.0 Å². The molecule has 4 rings (SSSR count). The molecule has 0 N–H and O–H groups in total. The second kappa shape index (κ2) is 7.57. The average Bonchev–Trinajstić information content (AvgIpc) is 3.21. The first kappa shape index (κ1) is 20.6. The highest BCUT2D eigenvalue weighted by Gasteiger charge is 2.40. The number of aromatic nitrogens is 2. The van der Waals surface area contributed by atoms with Crippen molar-refractivity contribution in [2.75, 3.05) is 13.1 Å². The number of carbonyl (C=O) groups is 1. The molecule has 0 spiro atoms. The molecule has 2 aromatic rings. The van der Waals surface area contributed by atoms with Gasteiger partial charge in [0.05, 0.1) is 34.6 Å². The van der Waals surface area contributed by atoms with E-state index in [1.807, 2.05) is 0 Å². The third-order valence-electron chi connectivity index (χ3n) is 5.38. The predicted octanol–water partition coefficient (Wildman–Crippen LogP) is 4.94. The zero-order valence-electron chi connectivity index (χ0n) is 15.7. The number of nitrogens with zero attached hydrogens (tertiary/aromatic N) is 5. The summed E-state index contributed by atoms with van der Waals surface area (Å²) >= 11 is 5.82. The van der Waals surface area contributed by atoms with Crippen molar-refractivity contribution >= 4 is 17.5 Å². The largest absolute Gasteiger partial charge is 0.420 e. The molecule has 3 heterocycles. The fourth-order valence-corrected chi connectivity index (χ4v) is 4.25. The van der Waals surface area contributed by atoms with Crippen LogP contribution in [0, 0.1) is 5.82 Å². The summed E-state index contributed by atoms with van der Waals surface area (Å²) in [6.07, 6.45) is -2.47. The second-order valence-electron chi connectivity index (χ2n) is 7.11. The van der Waals surface area contributed by atoms with Gasteiger partial charge in [-0.15, -0.1) is 0 Å². The standard InChI is InChI=1S/C19H16ClF4N5O/c1-9-16-11(17(26-8-25-16)13-4-6-27-28-13)5-7-29(9)18(30)10-2-3-12(21)14(15(10)20)19(22,23)24/h2-3,8-9,13H,4-7H2,1H3. The third-order valence-corrected chi connectivity index (χ3v) is 5.78. The topological polar surface area (TPSA) is 70.8 Å². The highest BCUT2D eigenvalue weighted by atomic mass is 35.5. The van der Waals surface area contributed by atoms with Gasteiger partial charge in [0, 0.05) is 12.1 Å². The quantitative estimate of drug-likeness (QED) is 0.619. The van der Waals surface area contributed by atoms with Crippen molar-refractivity contribution in [3.05, 3.63) is 57.4 Å². The molecule has 2 aliphatic heterocycles. The van der Waals surface area contributed by atoms with Gasteiger partial charge in [-0.2, -0.15) is 23.4 Å². The van der Waals surface area contributed by atoms with Gasteiger partial charge in [0.15, 0.2) is 0 Å². The number of alkyl halides is 3. The first-order valence-electron chi connectivity index (χ1n) is 9.26. The molecular weight excluding hydrogens is 426 g/mol. The Balaban J connectivity index is 1.69. The lowest BCUT2D eigenvalue weighted by Gasteiger charge is -2.35. The van der Waals surface area contributed by atoms with Crippen molar-refractivity contribution in [3.63, 3.8) is 0 Å². The predicted molar refractivity (Wildman–Crippen MR) is 98.7 cm³/mol. The van der Waals surface area contributed by atoms with E-state index in [0.717, 1.165) is 23.7 Å². The van der Waals surface area contributed by atoms with E-state index in [4.69, 9.17) is 11.6 Å². The molecule has 2 atom stereocenters. The van der Waals surface area contributed by atoms with Crippen molar-refractivity contribution in [3.8, 4) is 0 Å². The Labute approximate surface area is 174 Å². The number of halogens is 5. The Morgan fingerprint density at radius 3 is 2.63 bits per heavy atom. The van der Waals surface area contributed by atoms with Gasteiger partial charge in [0.25, 0.3) is 5.91 Å². The Morgan fingerprint density at radius 1 is 1.23 bits per heavy atom. The van der Waals surface area contributed by atoms with E-state index in [2.05, 4.69) is 20.2 Å². The van der Waals surface area contributed by atoms with Crippen LogP contribution in [0.5, 0.6) is 0 Å². The molecule has 1 amide bonds. The minimum Gasteiger partial charge on any atom is -0.330 e. The minimum atomic E-state index is -5.02. The normalized spacial score (nSPS) is 21.1. The number of azo groups is 1. The van der Waals surface area contributed by atoms with Crippen LogP contribution in [-0.4, -0.2) is 33.9 Å². The van der Waals surface area contributed by atoms with Crippen molar-refractivity contribution in [1.29, 1.82) is 0 Å². The molecule has 11 heteroatoms. The highest BCUT2D eigenvalue weighted by Crippen LogP contribution is 2.40. The van der Waals surface area contributed by atoms with Crippen LogP contribution in [0.1, 0.15) is 58.3 Å². The van der Waals surface area contributed by atoms with Gasteiger partial charge in [-0.3, -0.25) is 4.79 Å². The lowest BCUT2D eigenvalue weighted by Crippen LogP contribution is -2.40. The molecule has 0 radical (unpaired) electrons. The molecular formula is C19H16ClF4N5O. The van der Waals surface area contributed by atoms with Gasteiger partial charge in [-0.05, 0) is 31.9 Å². The van der Waals surface area contributed by atoms with Gasteiger partial charge in [-0.1, -0.05) is 11.6 Å². The van der Waals surface area contributed by atoms with E-state index < -0.39 is 40.1 Å². The molecule has 6 nitrogen and oxygen atoms in total. The lowest BCUT2D eigenvalue weighted by molar-refractivity contribution is -0.139. The number of benzene rings is 1. The molecule has 1 aromatic carbocycles. The van der Waals surface area contributed by atoms with Crippen LogP contribution in [0.25, 0.3) is 0 Å². The van der Waals surface area contributed by atoms with Gasteiger partial charge >= 0.3 is 6.18 Å². The fourth-order valence-electron chi connectivity index (χ4n) is 3.91. The molecule has 30 heavy (non-hydrogen) atoms. The Hall–Kier alpha value is -2.62. The smallest absolute Gasteiger partial charge is 0.330 e. The summed E-state index contributed by atoms with van der Waals surface area (Å²) in [5, 5.41) is 7.24. The summed E-state index contributed by atoms with van der Waals surface area (Å²) in [6.45, 7) is 2.57. The molecule has 0 fully saturated rings. The van der Waals surface area contributed by atoms with E-state index in [1.54, 1.807) is 6.92 Å². The van der Waals surface area contributed by atoms with Crippen LogP contribution in [-0.2, 0) is 12.6 Å². The monoisotopic (exact) mass is 441 g/mol. The first-order valence-corrected chi connectivity index (χ1v) is 9.64. The summed E-state index contributed by atoms with van der Waals surface area (Å²) in [5.41, 5.74) is 0.201. The van der Waals surface area contributed by atoms with Crippen LogP contribution >= 0.6 is 11.6 Å². The molecule has 0 bridgehead atoms. The molecule has 0 aliphatic carbocycles. The number of rotatable bonds is 2. The van der Waals surface area contributed by atoms with Gasteiger partial charge in [0.1, 0.15) is 23.7 Å². The molecule has 0 saturated heterocycles. The number of fused-ring (bicyclic) bond motifs is 1. The van der Waals surface area contributed by atoms with Crippen molar-refractivity contribution in [1.82, 2.24) is 14.9 Å². The van der Waals surface area contributed by atoms with E-state index in [1.165, 1.54) is 11.2 Å². The maximum atomic E-state index is 13.7. The zero-order valence-corrected chi connectivity index (χ0v) is 16.5. The summed E-state index contributed by atoms with van der Waals surface area (Å²) in [6, 6.07) is 0.895. The zero-order chi connectivity index (χ0) is 21.6. The van der Waals surface area contributed by atoms with E-state index in [9.17, 15) is 22.4 Å². The molecule has 158 valence electrons. The number of carbonyl (C=O) groups excluding carboxylic acids is 1. The van der Waals surface area contributed by atoms with Crippen LogP contribution in [0.4, 0.5) is 17.6 Å². The fraction of sp³-hybridized carbons (Fsp3) is 0.421. The molecule has 0 saturated carbocycles. The lowest BCUT2D eigenvalue weighted by atomic mass is 9.93. The minimum absolute atomic E-state index is 0.155. The molecule has 2 aliphatic rings. The van der Waals surface area contributed by atoms with Gasteiger partial charge in [0.2, 0.25) is 0 Å². The van der Waals surface area contributed by atoms with Crippen LogP contribution in [0.15, 0.2) is 28.7 Å².